The van der Waals surface area contributed by atoms with Crippen molar-refractivity contribution >= 4 is 17.2 Å². The van der Waals surface area contributed by atoms with Crippen LogP contribution in [-0.2, 0) is 19.4 Å². The minimum atomic E-state index is -0.0266. The Morgan fingerprint density at radius 2 is 2.04 bits per heavy atom. The van der Waals surface area contributed by atoms with E-state index in [0.29, 0.717) is 18.8 Å². The number of rotatable bonds is 4. The zero-order chi connectivity index (χ0) is 18.1. The van der Waals surface area contributed by atoms with Crippen LogP contribution in [0.3, 0.4) is 0 Å². The maximum Gasteiger partial charge on any atom is 0.273 e. The largest absolute Gasteiger partial charge is 0.328 e. The molecule has 0 spiro atoms. The minimum Gasteiger partial charge on any atom is -0.328 e. The molecule has 134 valence electrons. The van der Waals surface area contributed by atoms with Gasteiger partial charge in [-0.25, -0.2) is 4.98 Å². The molecule has 0 radical (unpaired) electrons. The molecule has 1 amide bonds. The smallest absolute Gasteiger partial charge is 0.273 e. The Morgan fingerprint density at radius 1 is 1.23 bits per heavy atom. The molecule has 0 bridgehead atoms. The number of carbonyl (C=O) groups excluding carboxylic acids is 1. The molecule has 1 aliphatic heterocycles. The van der Waals surface area contributed by atoms with Gasteiger partial charge in [-0.3, -0.25) is 4.79 Å². The SMILES string of the molecule is Cc1nc(C(=O)N2Cc3nnc(CCc4ccccc4)n3[C@@H](C)C2)cs1. The summed E-state index contributed by atoms with van der Waals surface area (Å²) < 4.78 is 2.19. The lowest BCUT2D eigenvalue weighted by Gasteiger charge is -2.32. The Kier molecular flexibility index (Phi) is 4.55. The summed E-state index contributed by atoms with van der Waals surface area (Å²) >= 11 is 1.50. The van der Waals surface area contributed by atoms with E-state index in [9.17, 15) is 4.79 Å². The van der Waals surface area contributed by atoms with Crippen LogP contribution in [0, 0.1) is 6.92 Å². The van der Waals surface area contributed by atoms with Crippen LogP contribution in [0.4, 0.5) is 0 Å². The molecule has 0 fully saturated rings. The highest BCUT2D eigenvalue weighted by molar-refractivity contribution is 7.09. The van der Waals surface area contributed by atoms with Gasteiger partial charge in [0.25, 0.3) is 5.91 Å². The first-order valence-corrected chi connectivity index (χ1v) is 9.68. The average molecular weight is 367 g/mol. The highest BCUT2D eigenvalue weighted by atomic mass is 32.1. The molecule has 4 rings (SSSR count). The van der Waals surface area contributed by atoms with E-state index in [0.717, 1.165) is 29.5 Å². The van der Waals surface area contributed by atoms with E-state index >= 15 is 0 Å². The molecule has 6 nitrogen and oxygen atoms in total. The summed E-state index contributed by atoms with van der Waals surface area (Å²) in [6.07, 6.45) is 1.78. The van der Waals surface area contributed by atoms with Crippen LogP contribution in [0.15, 0.2) is 35.7 Å². The summed E-state index contributed by atoms with van der Waals surface area (Å²) in [7, 11) is 0. The van der Waals surface area contributed by atoms with Crippen molar-refractivity contribution in [3.05, 3.63) is 63.6 Å². The Hall–Kier alpha value is -2.54. The molecule has 0 N–H and O–H groups in total. The Labute approximate surface area is 156 Å². The summed E-state index contributed by atoms with van der Waals surface area (Å²) in [6, 6.07) is 10.6. The van der Waals surface area contributed by atoms with E-state index in [2.05, 4.69) is 50.9 Å². The number of hydrogen-bond donors (Lipinski definition) is 0. The number of aryl methyl sites for hydroxylation is 3. The molecule has 7 heteroatoms. The molecule has 0 unspecified atom stereocenters. The van der Waals surface area contributed by atoms with Crippen LogP contribution in [0.5, 0.6) is 0 Å². The first kappa shape index (κ1) is 16.9. The van der Waals surface area contributed by atoms with Crippen molar-refractivity contribution < 1.29 is 4.79 Å². The van der Waals surface area contributed by atoms with Crippen molar-refractivity contribution in [1.82, 2.24) is 24.6 Å². The third-order valence-corrected chi connectivity index (χ3v) is 5.47. The van der Waals surface area contributed by atoms with Gasteiger partial charge in [-0.05, 0) is 25.8 Å². The second-order valence-corrected chi connectivity index (χ2v) is 7.74. The zero-order valence-corrected chi connectivity index (χ0v) is 15.7. The monoisotopic (exact) mass is 367 g/mol. The molecule has 1 aliphatic rings. The van der Waals surface area contributed by atoms with Crippen molar-refractivity contribution in [2.75, 3.05) is 6.54 Å². The fourth-order valence-electron chi connectivity index (χ4n) is 3.46. The van der Waals surface area contributed by atoms with Crippen LogP contribution in [-0.4, -0.2) is 37.1 Å². The number of benzene rings is 1. The number of hydrogen-bond acceptors (Lipinski definition) is 5. The molecule has 0 aliphatic carbocycles. The number of thiazole rings is 1. The Balaban J connectivity index is 1.50. The summed E-state index contributed by atoms with van der Waals surface area (Å²) in [5.74, 6) is 1.82. The predicted molar refractivity (Wildman–Crippen MR) is 100 cm³/mol. The van der Waals surface area contributed by atoms with Crippen LogP contribution < -0.4 is 0 Å². The van der Waals surface area contributed by atoms with Gasteiger partial charge < -0.3 is 9.47 Å². The lowest BCUT2D eigenvalue weighted by Crippen LogP contribution is -2.41. The first-order valence-electron chi connectivity index (χ1n) is 8.80. The highest BCUT2D eigenvalue weighted by Crippen LogP contribution is 2.24. The highest BCUT2D eigenvalue weighted by Gasteiger charge is 2.30. The fraction of sp³-hybridized carbons (Fsp3) is 0.368. The summed E-state index contributed by atoms with van der Waals surface area (Å²) in [4.78, 5) is 18.8. The number of fused-ring (bicyclic) bond motifs is 1. The van der Waals surface area contributed by atoms with Crippen LogP contribution in [0.1, 0.15) is 45.7 Å². The molecule has 3 heterocycles. The molecule has 2 aromatic heterocycles. The molecular formula is C19H21N5OS. The second kappa shape index (κ2) is 6.99. The van der Waals surface area contributed by atoms with Crippen LogP contribution >= 0.6 is 11.3 Å². The predicted octanol–water partition coefficient (Wildman–Crippen LogP) is 3.05. The summed E-state index contributed by atoms with van der Waals surface area (Å²) in [6.45, 7) is 5.16. The maximum absolute atomic E-state index is 12.7. The molecule has 1 aromatic carbocycles. The van der Waals surface area contributed by atoms with Gasteiger partial charge in [0.05, 0.1) is 17.6 Å². The Morgan fingerprint density at radius 3 is 2.77 bits per heavy atom. The van der Waals surface area contributed by atoms with Gasteiger partial charge >= 0.3 is 0 Å². The van der Waals surface area contributed by atoms with Crippen LogP contribution in [0.2, 0.25) is 0 Å². The van der Waals surface area contributed by atoms with Crippen molar-refractivity contribution in [1.29, 1.82) is 0 Å². The molecular weight excluding hydrogens is 346 g/mol. The van der Waals surface area contributed by atoms with Gasteiger partial charge in [0.1, 0.15) is 11.5 Å². The van der Waals surface area contributed by atoms with E-state index in [4.69, 9.17) is 0 Å². The number of carbonyl (C=O) groups is 1. The fourth-order valence-corrected chi connectivity index (χ4v) is 4.05. The zero-order valence-electron chi connectivity index (χ0n) is 14.9. The molecule has 3 aromatic rings. The molecule has 26 heavy (non-hydrogen) atoms. The number of aromatic nitrogens is 4. The standard InChI is InChI=1S/C19H21N5OS/c1-13-10-23(19(25)16-12-26-14(2)20-16)11-18-22-21-17(24(13)18)9-8-15-6-4-3-5-7-15/h3-7,12-13H,8-11H2,1-2H3/t13-/m0/s1. The lowest BCUT2D eigenvalue weighted by molar-refractivity contribution is 0.0674. The van der Waals surface area contributed by atoms with Gasteiger partial charge in [0.2, 0.25) is 0 Å². The van der Waals surface area contributed by atoms with Crippen LogP contribution in [0.25, 0.3) is 0 Å². The van der Waals surface area contributed by atoms with E-state index in [1.54, 1.807) is 0 Å². The quantitative estimate of drug-likeness (QED) is 0.711. The van der Waals surface area contributed by atoms with Gasteiger partial charge in [-0.2, -0.15) is 0 Å². The van der Waals surface area contributed by atoms with E-state index in [-0.39, 0.29) is 11.9 Å². The summed E-state index contributed by atoms with van der Waals surface area (Å²) in [5, 5.41) is 11.5. The third kappa shape index (κ3) is 3.26. The normalized spacial score (nSPS) is 16.5. The maximum atomic E-state index is 12.7. The minimum absolute atomic E-state index is 0.0266. The van der Waals surface area contributed by atoms with Gasteiger partial charge in [0.15, 0.2) is 5.82 Å². The second-order valence-electron chi connectivity index (χ2n) is 6.67. The van der Waals surface area contributed by atoms with Crippen molar-refractivity contribution in [3.63, 3.8) is 0 Å². The molecule has 0 saturated heterocycles. The number of amides is 1. The van der Waals surface area contributed by atoms with Crippen molar-refractivity contribution in [2.24, 2.45) is 0 Å². The first-order chi connectivity index (χ1) is 12.6. The number of nitrogens with zero attached hydrogens (tertiary/aromatic N) is 5. The lowest BCUT2D eigenvalue weighted by atomic mass is 10.1. The third-order valence-electron chi connectivity index (χ3n) is 4.70. The van der Waals surface area contributed by atoms with E-state index < -0.39 is 0 Å². The van der Waals surface area contributed by atoms with E-state index in [1.807, 2.05) is 23.3 Å². The van der Waals surface area contributed by atoms with Crippen molar-refractivity contribution in [2.45, 2.75) is 39.3 Å². The van der Waals surface area contributed by atoms with Gasteiger partial charge in [-0.1, -0.05) is 30.3 Å². The van der Waals surface area contributed by atoms with E-state index in [1.165, 1.54) is 16.9 Å². The molecule has 1 atom stereocenters. The Bertz CT molecular complexity index is 917. The topological polar surface area (TPSA) is 63.9 Å². The van der Waals surface area contributed by atoms with Gasteiger partial charge in [-0.15, -0.1) is 21.5 Å². The average Bonchev–Trinajstić information content (AvgIpc) is 3.26. The van der Waals surface area contributed by atoms with Gasteiger partial charge in [0, 0.05) is 18.3 Å². The molecule has 0 saturated carbocycles. The summed E-state index contributed by atoms with van der Waals surface area (Å²) in [5.41, 5.74) is 1.82. The van der Waals surface area contributed by atoms with Crippen molar-refractivity contribution in [3.8, 4) is 0 Å².